The molecule has 0 fully saturated rings. The molecule has 0 unspecified atom stereocenters. The highest BCUT2D eigenvalue weighted by atomic mass is 16.5. The Morgan fingerprint density at radius 3 is 2.04 bits per heavy atom. The van der Waals surface area contributed by atoms with Crippen molar-refractivity contribution in [3.63, 3.8) is 0 Å². The van der Waals surface area contributed by atoms with Crippen LogP contribution in [0.4, 0.5) is 11.4 Å². The van der Waals surface area contributed by atoms with Gasteiger partial charge in [0.25, 0.3) is 0 Å². The average Bonchev–Trinajstić information content (AvgIpc) is 2.60. The van der Waals surface area contributed by atoms with Crippen molar-refractivity contribution in [1.29, 1.82) is 0 Å². The fourth-order valence-electron chi connectivity index (χ4n) is 2.50. The molecule has 0 radical (unpaired) electrons. The molecular formula is C20H24N2O4. The second kappa shape index (κ2) is 8.89. The molecule has 0 aliphatic heterocycles. The third kappa shape index (κ3) is 4.75. The van der Waals surface area contributed by atoms with Crippen LogP contribution in [0.5, 0.6) is 11.5 Å². The van der Waals surface area contributed by atoms with Gasteiger partial charge in [-0.25, -0.2) is 0 Å². The second-order valence-electron chi connectivity index (χ2n) is 5.70. The first-order valence-electron chi connectivity index (χ1n) is 8.54. The number of amides is 2. The predicted octanol–water partition coefficient (Wildman–Crippen LogP) is 3.68. The standard InChI is InChI=1S/C20H24N2O4/c1-5-25-16-11-10-15(12-17(16)26-6-2)21-19(23)20(24)22-18-13(3)8-7-9-14(18)4/h7-12H,5-6H2,1-4H3,(H,21,23)(H,22,24). The van der Waals surface area contributed by atoms with Crippen molar-refractivity contribution in [3.05, 3.63) is 47.5 Å². The lowest BCUT2D eigenvalue weighted by Gasteiger charge is -2.14. The number of hydrogen-bond donors (Lipinski definition) is 2. The number of hydrogen-bond acceptors (Lipinski definition) is 4. The Bertz CT molecular complexity index is 782. The van der Waals surface area contributed by atoms with Crippen molar-refractivity contribution < 1.29 is 19.1 Å². The van der Waals surface area contributed by atoms with Crippen molar-refractivity contribution in [1.82, 2.24) is 0 Å². The van der Waals surface area contributed by atoms with Gasteiger partial charge in [-0.1, -0.05) is 18.2 Å². The molecule has 0 saturated heterocycles. The number of nitrogens with one attached hydrogen (secondary N) is 2. The predicted molar refractivity (Wildman–Crippen MR) is 102 cm³/mol. The van der Waals surface area contributed by atoms with Crippen LogP contribution in [-0.4, -0.2) is 25.0 Å². The van der Waals surface area contributed by atoms with Crippen LogP contribution in [0.2, 0.25) is 0 Å². The van der Waals surface area contributed by atoms with E-state index in [2.05, 4.69) is 10.6 Å². The quantitative estimate of drug-likeness (QED) is 0.774. The summed E-state index contributed by atoms with van der Waals surface area (Å²) < 4.78 is 11.0. The summed E-state index contributed by atoms with van der Waals surface area (Å²) in [5.74, 6) is -0.372. The maximum Gasteiger partial charge on any atom is 0.314 e. The van der Waals surface area contributed by atoms with Crippen LogP contribution in [0, 0.1) is 13.8 Å². The highest BCUT2D eigenvalue weighted by Gasteiger charge is 2.17. The van der Waals surface area contributed by atoms with Crippen LogP contribution in [0.25, 0.3) is 0 Å². The van der Waals surface area contributed by atoms with E-state index in [4.69, 9.17) is 9.47 Å². The van der Waals surface area contributed by atoms with E-state index >= 15 is 0 Å². The highest BCUT2D eigenvalue weighted by Crippen LogP contribution is 2.30. The number of rotatable bonds is 6. The van der Waals surface area contributed by atoms with E-state index in [1.165, 1.54) is 0 Å². The molecule has 2 aromatic carbocycles. The summed E-state index contributed by atoms with van der Waals surface area (Å²) in [5.41, 5.74) is 2.89. The Kier molecular flexibility index (Phi) is 6.60. The molecule has 0 saturated carbocycles. The highest BCUT2D eigenvalue weighted by molar-refractivity contribution is 6.43. The van der Waals surface area contributed by atoms with Gasteiger partial charge in [-0.3, -0.25) is 9.59 Å². The Balaban J connectivity index is 2.11. The first kappa shape index (κ1) is 19.3. The largest absolute Gasteiger partial charge is 0.490 e. The number of carbonyl (C=O) groups excluding carboxylic acids is 2. The van der Waals surface area contributed by atoms with Crippen LogP contribution >= 0.6 is 0 Å². The van der Waals surface area contributed by atoms with Gasteiger partial charge in [0.15, 0.2) is 11.5 Å². The summed E-state index contributed by atoms with van der Waals surface area (Å²) in [5, 5.41) is 5.25. The molecule has 6 heteroatoms. The van der Waals surface area contributed by atoms with Gasteiger partial charge in [0.1, 0.15) is 0 Å². The molecule has 0 bridgehead atoms. The Labute approximate surface area is 153 Å². The van der Waals surface area contributed by atoms with Crippen LogP contribution in [0.3, 0.4) is 0 Å². The molecule has 2 rings (SSSR count). The number of carbonyl (C=O) groups is 2. The number of anilines is 2. The molecule has 26 heavy (non-hydrogen) atoms. The van der Waals surface area contributed by atoms with Crippen LogP contribution < -0.4 is 20.1 Å². The van der Waals surface area contributed by atoms with Crippen molar-refractivity contribution in [2.45, 2.75) is 27.7 Å². The van der Waals surface area contributed by atoms with Gasteiger partial charge in [0.05, 0.1) is 13.2 Å². The van der Waals surface area contributed by atoms with E-state index in [0.29, 0.717) is 36.1 Å². The zero-order valence-corrected chi connectivity index (χ0v) is 15.5. The number of aryl methyl sites for hydroxylation is 2. The first-order valence-corrected chi connectivity index (χ1v) is 8.54. The van der Waals surface area contributed by atoms with Crippen LogP contribution in [0.15, 0.2) is 36.4 Å². The van der Waals surface area contributed by atoms with Crippen molar-refractivity contribution >= 4 is 23.2 Å². The van der Waals surface area contributed by atoms with Gasteiger partial charge < -0.3 is 20.1 Å². The lowest BCUT2D eigenvalue weighted by Crippen LogP contribution is -2.29. The Morgan fingerprint density at radius 2 is 1.42 bits per heavy atom. The first-order chi connectivity index (χ1) is 12.5. The SMILES string of the molecule is CCOc1ccc(NC(=O)C(=O)Nc2c(C)cccc2C)cc1OCC. The maximum absolute atomic E-state index is 12.2. The van der Waals surface area contributed by atoms with Crippen molar-refractivity contribution in [2.75, 3.05) is 23.8 Å². The molecule has 0 spiro atoms. The summed E-state index contributed by atoms with van der Waals surface area (Å²) >= 11 is 0. The zero-order valence-electron chi connectivity index (χ0n) is 15.5. The van der Waals surface area contributed by atoms with Gasteiger partial charge in [-0.05, 0) is 51.0 Å². The smallest absolute Gasteiger partial charge is 0.314 e. The molecule has 0 aliphatic rings. The fraction of sp³-hybridized carbons (Fsp3) is 0.300. The lowest BCUT2D eigenvalue weighted by atomic mass is 10.1. The molecule has 0 heterocycles. The minimum absolute atomic E-state index is 0.457. The van der Waals surface area contributed by atoms with Gasteiger partial charge in [-0.2, -0.15) is 0 Å². The molecule has 2 N–H and O–H groups in total. The molecule has 6 nitrogen and oxygen atoms in total. The summed E-state index contributed by atoms with van der Waals surface area (Å²) in [6, 6.07) is 10.7. The fourth-order valence-corrected chi connectivity index (χ4v) is 2.50. The normalized spacial score (nSPS) is 10.2. The summed E-state index contributed by atoms with van der Waals surface area (Å²) in [7, 11) is 0. The number of benzene rings is 2. The van der Waals surface area contributed by atoms with E-state index in [9.17, 15) is 9.59 Å². The summed E-state index contributed by atoms with van der Waals surface area (Å²) in [4.78, 5) is 24.4. The minimum Gasteiger partial charge on any atom is -0.490 e. The number of ether oxygens (including phenoxy) is 2. The van der Waals surface area contributed by atoms with E-state index in [1.54, 1.807) is 18.2 Å². The Morgan fingerprint density at radius 1 is 0.846 bits per heavy atom. The Hall–Kier alpha value is -3.02. The summed E-state index contributed by atoms with van der Waals surface area (Å²) in [6.07, 6.45) is 0. The third-order valence-electron chi connectivity index (χ3n) is 3.73. The van der Waals surface area contributed by atoms with E-state index in [0.717, 1.165) is 11.1 Å². The van der Waals surface area contributed by atoms with E-state index in [1.807, 2.05) is 45.9 Å². The van der Waals surface area contributed by atoms with Gasteiger partial charge in [0.2, 0.25) is 0 Å². The second-order valence-corrected chi connectivity index (χ2v) is 5.70. The van der Waals surface area contributed by atoms with Crippen LogP contribution in [-0.2, 0) is 9.59 Å². The minimum atomic E-state index is -0.751. The van der Waals surface area contributed by atoms with Gasteiger partial charge >= 0.3 is 11.8 Å². The zero-order chi connectivity index (χ0) is 19.1. The lowest BCUT2D eigenvalue weighted by molar-refractivity contribution is -0.133. The van der Waals surface area contributed by atoms with Crippen molar-refractivity contribution in [3.8, 4) is 11.5 Å². The van der Waals surface area contributed by atoms with Crippen LogP contribution in [0.1, 0.15) is 25.0 Å². The topological polar surface area (TPSA) is 76.7 Å². The third-order valence-corrected chi connectivity index (χ3v) is 3.73. The van der Waals surface area contributed by atoms with Gasteiger partial charge in [0, 0.05) is 17.4 Å². The molecule has 0 aliphatic carbocycles. The monoisotopic (exact) mass is 356 g/mol. The molecule has 0 atom stereocenters. The van der Waals surface area contributed by atoms with E-state index < -0.39 is 11.8 Å². The molecule has 2 amide bonds. The van der Waals surface area contributed by atoms with E-state index in [-0.39, 0.29) is 0 Å². The maximum atomic E-state index is 12.2. The summed E-state index contributed by atoms with van der Waals surface area (Å²) in [6.45, 7) is 8.46. The average molecular weight is 356 g/mol. The molecule has 2 aromatic rings. The molecule has 0 aromatic heterocycles. The molecular weight excluding hydrogens is 332 g/mol. The van der Waals surface area contributed by atoms with Gasteiger partial charge in [-0.15, -0.1) is 0 Å². The number of para-hydroxylation sites is 1. The van der Waals surface area contributed by atoms with Crippen molar-refractivity contribution in [2.24, 2.45) is 0 Å². The molecule has 138 valence electrons.